The number of carbonyl (C=O) groups is 1. The summed E-state index contributed by atoms with van der Waals surface area (Å²) in [5.74, 6) is 2.62. The Balaban J connectivity index is 1.05. The first kappa shape index (κ1) is 23.5. The molecule has 34 heavy (non-hydrogen) atoms. The van der Waals surface area contributed by atoms with Crippen LogP contribution in [0.5, 0.6) is 11.5 Å². The van der Waals surface area contributed by atoms with Crippen molar-refractivity contribution in [2.45, 2.75) is 32.3 Å². The molecule has 0 unspecified atom stereocenters. The third-order valence-corrected chi connectivity index (χ3v) is 5.73. The highest BCUT2D eigenvalue weighted by atomic mass is 32.1. The van der Waals surface area contributed by atoms with Gasteiger partial charge in [0.25, 0.3) is 0 Å². The second-order valence-corrected chi connectivity index (χ2v) is 8.45. The third-order valence-electron chi connectivity index (χ3n) is 5.05. The Labute approximate surface area is 202 Å². The fraction of sp³-hybridized carbons (Fsp3) is 0.269. The van der Waals surface area contributed by atoms with Crippen molar-refractivity contribution in [2.24, 2.45) is 0 Å². The maximum Gasteiger partial charge on any atom is 0.227 e. The fourth-order valence-corrected chi connectivity index (χ4v) is 3.83. The van der Waals surface area contributed by atoms with Crippen LogP contribution in [0.4, 0.5) is 0 Å². The maximum absolute atomic E-state index is 12.0. The van der Waals surface area contributed by atoms with Crippen molar-refractivity contribution in [3.8, 4) is 22.9 Å². The molecular weight excluding hydrogens is 450 g/mol. The van der Waals surface area contributed by atoms with Gasteiger partial charge in [0.2, 0.25) is 17.6 Å². The zero-order valence-electron chi connectivity index (χ0n) is 18.8. The number of amides is 1. The highest BCUT2D eigenvalue weighted by Crippen LogP contribution is 2.20. The zero-order valence-corrected chi connectivity index (χ0v) is 19.6. The van der Waals surface area contributed by atoms with Crippen LogP contribution in [-0.4, -0.2) is 29.2 Å². The molecule has 176 valence electrons. The molecule has 1 N–H and O–H groups in total. The summed E-state index contributed by atoms with van der Waals surface area (Å²) in [5, 5.41) is 10.8. The average molecular weight is 478 g/mol. The van der Waals surface area contributed by atoms with Crippen LogP contribution in [0.15, 0.2) is 75.9 Å². The van der Waals surface area contributed by atoms with E-state index >= 15 is 0 Å². The molecule has 0 radical (unpaired) electrons. The lowest BCUT2D eigenvalue weighted by molar-refractivity contribution is -0.121. The predicted octanol–water partition coefficient (Wildman–Crippen LogP) is 5.29. The van der Waals surface area contributed by atoms with Crippen LogP contribution in [-0.2, 0) is 17.8 Å². The minimum Gasteiger partial charge on any atom is -0.494 e. The predicted molar refractivity (Wildman–Crippen MR) is 131 cm³/mol. The van der Waals surface area contributed by atoms with Gasteiger partial charge >= 0.3 is 0 Å². The zero-order chi connectivity index (χ0) is 23.4. The number of unbranched alkanes of at least 4 members (excludes halogenated alkanes) is 1. The van der Waals surface area contributed by atoms with Crippen LogP contribution in [0.25, 0.3) is 11.4 Å². The van der Waals surface area contributed by atoms with E-state index in [2.05, 4.69) is 15.5 Å². The molecular formula is C26H27N3O4S. The Kier molecular flexibility index (Phi) is 8.68. The number of carbonyl (C=O) groups excluding carboxylic acids is 1. The first-order valence-corrected chi connectivity index (χ1v) is 12.2. The van der Waals surface area contributed by atoms with Crippen molar-refractivity contribution in [1.82, 2.24) is 15.5 Å². The smallest absolute Gasteiger partial charge is 0.227 e. The Bertz CT molecular complexity index is 1130. The molecule has 4 rings (SSSR count). The van der Waals surface area contributed by atoms with E-state index in [9.17, 15) is 4.79 Å². The molecule has 2 heterocycles. The fourth-order valence-electron chi connectivity index (χ4n) is 3.19. The molecule has 7 nitrogen and oxygen atoms in total. The van der Waals surface area contributed by atoms with E-state index in [-0.39, 0.29) is 5.91 Å². The summed E-state index contributed by atoms with van der Waals surface area (Å²) in [6, 6.07) is 19.6. The normalized spacial score (nSPS) is 10.7. The van der Waals surface area contributed by atoms with Crippen molar-refractivity contribution >= 4 is 17.2 Å². The highest BCUT2D eigenvalue weighted by Gasteiger charge is 2.10. The number of aryl methyl sites for hydroxylation is 1. The van der Waals surface area contributed by atoms with Crippen LogP contribution in [0, 0.1) is 0 Å². The molecule has 0 aliphatic heterocycles. The van der Waals surface area contributed by atoms with Crippen molar-refractivity contribution in [3.63, 3.8) is 0 Å². The number of nitrogens with zero attached hydrogens (tertiary/aromatic N) is 2. The van der Waals surface area contributed by atoms with Crippen molar-refractivity contribution in [3.05, 3.63) is 82.9 Å². The van der Waals surface area contributed by atoms with E-state index in [1.165, 1.54) is 0 Å². The van der Waals surface area contributed by atoms with Gasteiger partial charge in [-0.25, -0.2) is 0 Å². The molecule has 0 fully saturated rings. The quantitative estimate of drug-likeness (QED) is 0.264. The van der Waals surface area contributed by atoms with Crippen molar-refractivity contribution < 1.29 is 18.8 Å². The van der Waals surface area contributed by atoms with E-state index in [1.807, 2.05) is 71.4 Å². The van der Waals surface area contributed by atoms with Gasteiger partial charge in [-0.3, -0.25) is 4.79 Å². The van der Waals surface area contributed by atoms with E-state index in [0.29, 0.717) is 44.3 Å². The third kappa shape index (κ3) is 7.45. The van der Waals surface area contributed by atoms with Crippen LogP contribution >= 0.6 is 11.3 Å². The summed E-state index contributed by atoms with van der Waals surface area (Å²) in [7, 11) is 0. The summed E-state index contributed by atoms with van der Waals surface area (Å²) in [5.41, 5.74) is 2.06. The molecule has 0 bridgehead atoms. The number of ether oxygens (including phenoxy) is 2. The number of rotatable bonds is 13. The highest BCUT2D eigenvalue weighted by molar-refractivity contribution is 7.08. The van der Waals surface area contributed by atoms with Gasteiger partial charge in [-0.1, -0.05) is 35.5 Å². The molecule has 0 saturated carbocycles. The van der Waals surface area contributed by atoms with Gasteiger partial charge in [0.05, 0.1) is 6.61 Å². The molecule has 0 aliphatic carbocycles. The lowest BCUT2D eigenvalue weighted by Crippen LogP contribution is -2.25. The number of thiophene rings is 1. The lowest BCUT2D eigenvalue weighted by atomic mass is 10.2. The van der Waals surface area contributed by atoms with Crippen LogP contribution in [0.2, 0.25) is 0 Å². The topological polar surface area (TPSA) is 86.5 Å². The Morgan fingerprint density at radius 3 is 2.53 bits per heavy atom. The van der Waals surface area contributed by atoms with Crippen molar-refractivity contribution in [2.75, 3.05) is 13.2 Å². The molecule has 0 saturated heterocycles. The van der Waals surface area contributed by atoms with E-state index in [1.54, 1.807) is 11.3 Å². The number of hydrogen-bond donors (Lipinski definition) is 1. The van der Waals surface area contributed by atoms with E-state index in [0.717, 1.165) is 35.5 Å². The number of hydrogen-bond acceptors (Lipinski definition) is 7. The molecule has 2 aromatic heterocycles. The first-order valence-electron chi connectivity index (χ1n) is 11.3. The molecule has 1 amide bonds. The van der Waals surface area contributed by atoms with Gasteiger partial charge < -0.3 is 19.3 Å². The maximum atomic E-state index is 12.0. The Hall–Kier alpha value is -3.65. The van der Waals surface area contributed by atoms with Gasteiger partial charge in [-0.2, -0.15) is 16.3 Å². The van der Waals surface area contributed by atoms with Crippen LogP contribution in [0.3, 0.4) is 0 Å². The number of aromatic nitrogens is 2. The van der Waals surface area contributed by atoms with Gasteiger partial charge in [0.1, 0.15) is 18.1 Å². The van der Waals surface area contributed by atoms with Gasteiger partial charge in [-0.05, 0) is 54.1 Å². The second-order valence-electron chi connectivity index (χ2n) is 7.67. The second kappa shape index (κ2) is 12.6. The standard InChI is InChI=1S/C26H27N3O4S/c30-24(12-13-25-28-26(29-33-25)21-14-17-34-19-21)27-15-4-5-16-31-22-8-10-23(11-9-22)32-18-20-6-2-1-3-7-20/h1-3,6-11,14,17,19H,4-5,12-13,15-16,18H2,(H,27,30). The van der Waals surface area contributed by atoms with E-state index < -0.39 is 0 Å². The molecule has 2 aromatic carbocycles. The molecule has 0 atom stereocenters. The molecule has 0 aliphatic rings. The average Bonchev–Trinajstić information content (AvgIpc) is 3.57. The number of benzene rings is 2. The first-order chi connectivity index (χ1) is 16.8. The lowest BCUT2D eigenvalue weighted by Gasteiger charge is -2.09. The number of nitrogens with one attached hydrogen (secondary N) is 1. The monoisotopic (exact) mass is 477 g/mol. The van der Waals surface area contributed by atoms with Crippen molar-refractivity contribution in [1.29, 1.82) is 0 Å². The summed E-state index contributed by atoms with van der Waals surface area (Å²) in [6.45, 7) is 1.74. The molecule has 8 heteroatoms. The largest absolute Gasteiger partial charge is 0.494 e. The van der Waals surface area contributed by atoms with Crippen LogP contribution in [0.1, 0.15) is 30.7 Å². The molecule has 4 aromatic rings. The van der Waals surface area contributed by atoms with E-state index in [4.69, 9.17) is 14.0 Å². The summed E-state index contributed by atoms with van der Waals surface area (Å²) >= 11 is 1.58. The molecule has 0 spiro atoms. The minimum absolute atomic E-state index is 0.0257. The summed E-state index contributed by atoms with van der Waals surface area (Å²) in [6.07, 6.45) is 2.44. The van der Waals surface area contributed by atoms with Gasteiger partial charge in [0.15, 0.2) is 0 Å². The summed E-state index contributed by atoms with van der Waals surface area (Å²) < 4.78 is 16.8. The Morgan fingerprint density at radius 1 is 0.971 bits per heavy atom. The Morgan fingerprint density at radius 2 is 1.76 bits per heavy atom. The van der Waals surface area contributed by atoms with Gasteiger partial charge in [-0.15, -0.1) is 0 Å². The van der Waals surface area contributed by atoms with Gasteiger partial charge in [0, 0.05) is 30.3 Å². The SMILES string of the molecule is O=C(CCc1nc(-c2ccsc2)no1)NCCCCOc1ccc(OCc2ccccc2)cc1. The summed E-state index contributed by atoms with van der Waals surface area (Å²) in [4.78, 5) is 16.4. The van der Waals surface area contributed by atoms with Crippen LogP contribution < -0.4 is 14.8 Å². The minimum atomic E-state index is -0.0257.